The Morgan fingerprint density at radius 2 is 2.11 bits per heavy atom. The Hall–Kier alpha value is -0.860. The highest BCUT2D eigenvalue weighted by Crippen LogP contribution is 2.20. The number of rotatable bonds is 6. The molecule has 0 bridgehead atoms. The van der Waals surface area contributed by atoms with Crippen molar-refractivity contribution in [2.24, 2.45) is 5.92 Å². The molecule has 2 rings (SSSR count). The summed E-state index contributed by atoms with van der Waals surface area (Å²) in [6, 6.07) is 11.4. The molecule has 1 fully saturated rings. The van der Waals surface area contributed by atoms with Crippen molar-refractivity contribution in [3.8, 4) is 0 Å². The van der Waals surface area contributed by atoms with Crippen molar-refractivity contribution in [2.75, 3.05) is 19.8 Å². The van der Waals surface area contributed by atoms with Gasteiger partial charge in [-0.25, -0.2) is 0 Å². The van der Waals surface area contributed by atoms with Crippen molar-refractivity contribution in [3.05, 3.63) is 35.9 Å². The van der Waals surface area contributed by atoms with Gasteiger partial charge in [-0.3, -0.25) is 0 Å². The van der Waals surface area contributed by atoms with Crippen LogP contribution in [0, 0.1) is 5.92 Å². The van der Waals surface area contributed by atoms with Crippen LogP contribution in [0.25, 0.3) is 0 Å². The van der Waals surface area contributed by atoms with Gasteiger partial charge in [0.2, 0.25) is 0 Å². The van der Waals surface area contributed by atoms with E-state index < -0.39 is 0 Å². The Kier molecular flexibility index (Phi) is 5.21. The molecule has 1 aliphatic heterocycles. The van der Waals surface area contributed by atoms with E-state index in [0.717, 1.165) is 19.8 Å². The molecule has 2 heteroatoms. The Morgan fingerprint density at radius 1 is 1.33 bits per heavy atom. The first-order valence-corrected chi connectivity index (χ1v) is 7.17. The van der Waals surface area contributed by atoms with Crippen LogP contribution in [-0.4, -0.2) is 25.8 Å². The van der Waals surface area contributed by atoms with Gasteiger partial charge in [-0.15, -0.1) is 0 Å². The van der Waals surface area contributed by atoms with Crippen LogP contribution in [0.2, 0.25) is 0 Å². The quantitative estimate of drug-likeness (QED) is 0.833. The molecule has 1 saturated heterocycles. The third kappa shape index (κ3) is 3.56. The second-order valence-electron chi connectivity index (χ2n) is 5.36. The molecule has 0 radical (unpaired) electrons. The van der Waals surface area contributed by atoms with Crippen molar-refractivity contribution in [2.45, 2.75) is 38.6 Å². The highest BCUT2D eigenvalue weighted by atomic mass is 16.5. The van der Waals surface area contributed by atoms with E-state index in [0.29, 0.717) is 17.9 Å². The summed E-state index contributed by atoms with van der Waals surface area (Å²) < 4.78 is 5.49. The minimum atomic E-state index is 0.572. The molecule has 0 aromatic heterocycles. The minimum absolute atomic E-state index is 0.572. The Labute approximate surface area is 111 Å². The third-order valence-electron chi connectivity index (χ3n) is 4.03. The maximum absolute atomic E-state index is 5.49. The minimum Gasteiger partial charge on any atom is -0.381 e. The highest BCUT2D eigenvalue weighted by Gasteiger charge is 2.24. The van der Waals surface area contributed by atoms with E-state index >= 15 is 0 Å². The number of hydrogen-bond acceptors (Lipinski definition) is 2. The van der Waals surface area contributed by atoms with Gasteiger partial charge in [0.15, 0.2) is 0 Å². The number of ether oxygens (including phenoxy) is 1. The molecule has 100 valence electrons. The van der Waals surface area contributed by atoms with Gasteiger partial charge in [0.1, 0.15) is 0 Å². The standard InChI is InChI=1S/C16H25NO/c1-3-16(15-9-10-18-12-15)17-11-13(2)14-7-5-4-6-8-14/h4-8,13,15-17H,3,9-12H2,1-2H3. The van der Waals surface area contributed by atoms with E-state index in [9.17, 15) is 0 Å². The SMILES string of the molecule is CCC(NCC(C)c1ccccc1)C1CCOC1. The van der Waals surface area contributed by atoms with Crippen molar-refractivity contribution in [3.63, 3.8) is 0 Å². The van der Waals surface area contributed by atoms with Gasteiger partial charge in [0.05, 0.1) is 6.61 Å². The maximum Gasteiger partial charge on any atom is 0.0509 e. The van der Waals surface area contributed by atoms with E-state index in [1.807, 2.05) is 0 Å². The van der Waals surface area contributed by atoms with Crippen LogP contribution >= 0.6 is 0 Å². The first kappa shape index (κ1) is 13.6. The Balaban J connectivity index is 1.82. The van der Waals surface area contributed by atoms with Gasteiger partial charge in [-0.05, 0) is 30.2 Å². The molecule has 0 amide bonds. The fourth-order valence-corrected chi connectivity index (χ4v) is 2.74. The van der Waals surface area contributed by atoms with Crippen molar-refractivity contribution >= 4 is 0 Å². The number of benzene rings is 1. The molecule has 0 saturated carbocycles. The zero-order valence-corrected chi connectivity index (χ0v) is 11.6. The van der Waals surface area contributed by atoms with Crippen LogP contribution in [0.15, 0.2) is 30.3 Å². The molecule has 1 N–H and O–H groups in total. The summed E-state index contributed by atoms with van der Waals surface area (Å²) in [5.74, 6) is 1.28. The van der Waals surface area contributed by atoms with Gasteiger partial charge in [0.25, 0.3) is 0 Å². The molecule has 1 aliphatic rings. The summed E-state index contributed by atoms with van der Waals surface area (Å²) in [6.45, 7) is 7.49. The lowest BCUT2D eigenvalue weighted by Crippen LogP contribution is -2.38. The average molecular weight is 247 g/mol. The van der Waals surface area contributed by atoms with Gasteiger partial charge < -0.3 is 10.1 Å². The topological polar surface area (TPSA) is 21.3 Å². The summed E-state index contributed by atoms with van der Waals surface area (Å²) in [5, 5.41) is 3.73. The normalized spacial score (nSPS) is 22.9. The fourth-order valence-electron chi connectivity index (χ4n) is 2.74. The second kappa shape index (κ2) is 6.91. The van der Waals surface area contributed by atoms with Crippen molar-refractivity contribution in [1.82, 2.24) is 5.32 Å². The van der Waals surface area contributed by atoms with E-state index in [2.05, 4.69) is 49.5 Å². The molecule has 1 aromatic carbocycles. The Bertz CT molecular complexity index is 332. The van der Waals surface area contributed by atoms with E-state index in [4.69, 9.17) is 4.74 Å². The monoisotopic (exact) mass is 247 g/mol. The van der Waals surface area contributed by atoms with Gasteiger partial charge in [-0.1, -0.05) is 44.2 Å². The van der Waals surface area contributed by atoms with Crippen LogP contribution in [0.5, 0.6) is 0 Å². The summed E-state index contributed by atoms with van der Waals surface area (Å²) >= 11 is 0. The molecule has 18 heavy (non-hydrogen) atoms. The Morgan fingerprint density at radius 3 is 2.72 bits per heavy atom. The highest BCUT2D eigenvalue weighted by molar-refractivity contribution is 5.19. The maximum atomic E-state index is 5.49. The second-order valence-corrected chi connectivity index (χ2v) is 5.36. The van der Waals surface area contributed by atoms with Gasteiger partial charge in [0, 0.05) is 19.2 Å². The van der Waals surface area contributed by atoms with Crippen molar-refractivity contribution < 1.29 is 4.74 Å². The lowest BCUT2D eigenvalue weighted by atomic mass is 9.95. The largest absolute Gasteiger partial charge is 0.381 e. The van der Waals surface area contributed by atoms with Crippen LogP contribution in [0.3, 0.4) is 0 Å². The molecular formula is C16H25NO. The van der Waals surface area contributed by atoms with Gasteiger partial charge in [-0.2, -0.15) is 0 Å². The number of hydrogen-bond donors (Lipinski definition) is 1. The molecule has 3 unspecified atom stereocenters. The zero-order chi connectivity index (χ0) is 12.8. The molecule has 0 spiro atoms. The smallest absolute Gasteiger partial charge is 0.0509 e. The summed E-state index contributed by atoms with van der Waals surface area (Å²) in [6.07, 6.45) is 2.40. The predicted molar refractivity (Wildman–Crippen MR) is 75.9 cm³/mol. The van der Waals surface area contributed by atoms with Crippen molar-refractivity contribution in [1.29, 1.82) is 0 Å². The van der Waals surface area contributed by atoms with Crippen LogP contribution in [0.1, 0.15) is 38.2 Å². The van der Waals surface area contributed by atoms with Crippen LogP contribution in [0.4, 0.5) is 0 Å². The molecular weight excluding hydrogens is 222 g/mol. The summed E-state index contributed by atoms with van der Waals surface area (Å²) in [4.78, 5) is 0. The summed E-state index contributed by atoms with van der Waals surface area (Å²) in [7, 11) is 0. The lowest BCUT2D eigenvalue weighted by molar-refractivity contribution is 0.175. The lowest BCUT2D eigenvalue weighted by Gasteiger charge is -2.24. The van der Waals surface area contributed by atoms with Gasteiger partial charge >= 0.3 is 0 Å². The van der Waals surface area contributed by atoms with E-state index in [1.165, 1.54) is 18.4 Å². The van der Waals surface area contributed by atoms with Crippen LogP contribution < -0.4 is 5.32 Å². The molecule has 3 atom stereocenters. The fraction of sp³-hybridized carbons (Fsp3) is 0.625. The number of nitrogens with one attached hydrogen (secondary N) is 1. The predicted octanol–water partition coefficient (Wildman–Crippen LogP) is 3.19. The molecule has 1 heterocycles. The summed E-state index contributed by atoms with van der Waals surface area (Å²) in [5.41, 5.74) is 1.42. The van der Waals surface area contributed by atoms with E-state index in [-0.39, 0.29) is 0 Å². The first-order valence-electron chi connectivity index (χ1n) is 7.17. The third-order valence-corrected chi connectivity index (χ3v) is 4.03. The molecule has 2 nitrogen and oxygen atoms in total. The average Bonchev–Trinajstić information content (AvgIpc) is 2.94. The first-order chi connectivity index (χ1) is 8.81. The van der Waals surface area contributed by atoms with Crippen LogP contribution in [-0.2, 0) is 4.74 Å². The molecule has 1 aromatic rings. The van der Waals surface area contributed by atoms with E-state index in [1.54, 1.807) is 0 Å². The molecule has 0 aliphatic carbocycles. The zero-order valence-electron chi connectivity index (χ0n) is 11.6.